The zero-order chi connectivity index (χ0) is 31.6. The number of thioether (sulfide) groups is 1. The van der Waals surface area contributed by atoms with Gasteiger partial charge in [-0.2, -0.15) is 11.8 Å². The topological polar surface area (TPSA) is 87.7 Å². The molecule has 0 radical (unpaired) electrons. The number of hydrogen-bond acceptors (Lipinski definition) is 5. The summed E-state index contributed by atoms with van der Waals surface area (Å²) in [6.45, 7) is 11.8. The standard InChI is InChI=1S/C35H47N3O4S/c1-8-9-12-21-38(33(40)29(20-22-43-7)37-34(41)42-35(4,5)6)31(30-24(2)14-13-15-25(30)3)32(39)36-28-19-18-26-16-10-11-17-27(26)23-28/h10-11,13-19,23,29,31H,8-9,12,20-22H2,1-7H3,(H,36,39)(H,37,41). The summed E-state index contributed by atoms with van der Waals surface area (Å²) in [5.74, 6) is 0.0718. The molecule has 0 aromatic heterocycles. The van der Waals surface area contributed by atoms with Gasteiger partial charge in [0.25, 0.3) is 5.91 Å². The molecular weight excluding hydrogens is 558 g/mol. The van der Waals surface area contributed by atoms with E-state index in [1.807, 2.05) is 80.8 Å². The van der Waals surface area contributed by atoms with Crippen LogP contribution in [0.3, 0.4) is 0 Å². The molecule has 2 N–H and O–H groups in total. The first-order valence-electron chi connectivity index (χ1n) is 15.1. The molecule has 2 unspecified atom stereocenters. The number of nitrogens with one attached hydrogen (secondary N) is 2. The van der Waals surface area contributed by atoms with Crippen molar-refractivity contribution in [2.24, 2.45) is 0 Å². The molecule has 0 aliphatic rings. The molecule has 0 saturated heterocycles. The number of ether oxygens (including phenoxy) is 1. The van der Waals surface area contributed by atoms with E-state index in [-0.39, 0.29) is 11.8 Å². The summed E-state index contributed by atoms with van der Waals surface area (Å²) in [6, 6.07) is 18.0. The van der Waals surface area contributed by atoms with E-state index < -0.39 is 23.8 Å². The van der Waals surface area contributed by atoms with Crippen molar-refractivity contribution in [1.82, 2.24) is 10.2 Å². The van der Waals surface area contributed by atoms with Gasteiger partial charge in [-0.25, -0.2) is 4.79 Å². The molecule has 43 heavy (non-hydrogen) atoms. The molecule has 0 heterocycles. The minimum atomic E-state index is -0.894. The van der Waals surface area contributed by atoms with Gasteiger partial charge in [-0.3, -0.25) is 9.59 Å². The van der Waals surface area contributed by atoms with Crippen LogP contribution >= 0.6 is 11.8 Å². The highest BCUT2D eigenvalue weighted by Crippen LogP contribution is 2.31. The van der Waals surface area contributed by atoms with Crippen molar-refractivity contribution in [2.45, 2.75) is 84.9 Å². The van der Waals surface area contributed by atoms with Crippen molar-refractivity contribution in [3.63, 3.8) is 0 Å². The quantitative estimate of drug-likeness (QED) is 0.194. The second-order valence-electron chi connectivity index (χ2n) is 12.0. The number of rotatable bonds is 13. The van der Waals surface area contributed by atoms with Crippen molar-refractivity contribution in [1.29, 1.82) is 0 Å². The first kappa shape index (κ1) is 34.0. The Morgan fingerprint density at radius 2 is 1.60 bits per heavy atom. The van der Waals surface area contributed by atoms with Crippen LogP contribution in [-0.4, -0.2) is 53.0 Å². The molecule has 0 fully saturated rings. The summed E-state index contributed by atoms with van der Waals surface area (Å²) in [6.07, 6.45) is 4.33. The maximum absolute atomic E-state index is 14.5. The number of fused-ring (bicyclic) bond motifs is 1. The lowest BCUT2D eigenvalue weighted by Crippen LogP contribution is -2.53. The normalized spacial score (nSPS) is 12.8. The van der Waals surface area contributed by atoms with Crippen LogP contribution in [0, 0.1) is 13.8 Å². The number of carbonyl (C=O) groups is 3. The predicted octanol–water partition coefficient (Wildman–Crippen LogP) is 7.80. The van der Waals surface area contributed by atoms with E-state index in [4.69, 9.17) is 4.74 Å². The van der Waals surface area contributed by atoms with Gasteiger partial charge in [-0.15, -0.1) is 0 Å². The summed E-state index contributed by atoms with van der Waals surface area (Å²) < 4.78 is 5.51. The Morgan fingerprint density at radius 3 is 2.23 bits per heavy atom. The van der Waals surface area contributed by atoms with Crippen LogP contribution < -0.4 is 10.6 Å². The molecule has 3 amide bonds. The van der Waals surface area contributed by atoms with E-state index in [0.717, 1.165) is 46.7 Å². The molecular formula is C35H47N3O4S. The summed E-state index contributed by atoms with van der Waals surface area (Å²) in [5, 5.41) is 8.03. The Morgan fingerprint density at radius 1 is 0.930 bits per heavy atom. The lowest BCUT2D eigenvalue weighted by Gasteiger charge is -2.36. The molecule has 232 valence electrons. The third kappa shape index (κ3) is 9.75. The minimum Gasteiger partial charge on any atom is -0.444 e. The van der Waals surface area contributed by atoms with Crippen LogP contribution in [0.5, 0.6) is 0 Å². The number of nitrogens with zero attached hydrogens (tertiary/aromatic N) is 1. The third-order valence-corrected chi connectivity index (χ3v) is 7.92. The van der Waals surface area contributed by atoms with Crippen molar-refractivity contribution >= 4 is 46.1 Å². The van der Waals surface area contributed by atoms with Crippen molar-refractivity contribution in [3.8, 4) is 0 Å². The number of hydrogen-bond donors (Lipinski definition) is 2. The smallest absolute Gasteiger partial charge is 0.408 e. The number of benzene rings is 3. The molecule has 7 nitrogen and oxygen atoms in total. The van der Waals surface area contributed by atoms with Crippen molar-refractivity contribution in [2.75, 3.05) is 23.9 Å². The first-order chi connectivity index (χ1) is 20.4. The molecule has 2 atom stereocenters. The zero-order valence-corrected chi connectivity index (χ0v) is 27.5. The van der Waals surface area contributed by atoms with Crippen LogP contribution in [-0.2, 0) is 14.3 Å². The van der Waals surface area contributed by atoms with Gasteiger partial charge in [-0.05, 0) is 99.1 Å². The molecule has 0 saturated carbocycles. The average Bonchev–Trinajstić information content (AvgIpc) is 2.94. The van der Waals surface area contributed by atoms with E-state index >= 15 is 0 Å². The molecule has 3 rings (SSSR count). The minimum absolute atomic E-state index is 0.293. The fraction of sp³-hybridized carbons (Fsp3) is 0.457. The number of anilines is 1. The maximum atomic E-state index is 14.5. The van der Waals surface area contributed by atoms with Gasteiger partial charge in [0.05, 0.1) is 0 Å². The Bertz CT molecular complexity index is 1380. The predicted molar refractivity (Wildman–Crippen MR) is 179 cm³/mol. The van der Waals surface area contributed by atoms with Crippen molar-refractivity contribution in [3.05, 3.63) is 77.4 Å². The SMILES string of the molecule is CCCCCN(C(=O)C(CCSC)NC(=O)OC(C)(C)C)C(C(=O)Nc1ccc2ccccc2c1)c1c(C)cccc1C. The lowest BCUT2D eigenvalue weighted by atomic mass is 9.93. The van der Waals surface area contributed by atoms with Crippen molar-refractivity contribution < 1.29 is 19.1 Å². The number of aryl methyl sites for hydroxylation is 2. The van der Waals surface area contributed by atoms with Crippen LogP contribution in [0.1, 0.15) is 76.1 Å². The fourth-order valence-electron chi connectivity index (χ4n) is 5.21. The zero-order valence-electron chi connectivity index (χ0n) is 26.7. The van der Waals surface area contributed by atoms with Crippen LogP contribution in [0.4, 0.5) is 10.5 Å². The summed E-state index contributed by atoms with van der Waals surface area (Å²) in [4.78, 5) is 43.4. The second kappa shape index (κ2) is 15.8. The average molecular weight is 606 g/mol. The highest BCUT2D eigenvalue weighted by atomic mass is 32.2. The van der Waals surface area contributed by atoms with Crippen LogP contribution in [0.15, 0.2) is 60.7 Å². The highest BCUT2D eigenvalue weighted by molar-refractivity contribution is 7.98. The summed E-state index contributed by atoms with van der Waals surface area (Å²) in [7, 11) is 0. The van der Waals surface area contributed by atoms with Gasteiger partial charge in [-0.1, -0.05) is 68.3 Å². The first-order valence-corrected chi connectivity index (χ1v) is 16.5. The van der Waals surface area contributed by atoms with E-state index in [9.17, 15) is 14.4 Å². The van der Waals surface area contributed by atoms with E-state index in [2.05, 4.69) is 17.6 Å². The number of unbranched alkanes of at least 4 members (excludes halogenated alkanes) is 2. The van der Waals surface area contributed by atoms with E-state index in [1.54, 1.807) is 37.4 Å². The van der Waals surface area contributed by atoms with Gasteiger partial charge < -0.3 is 20.3 Å². The largest absolute Gasteiger partial charge is 0.444 e. The Kier molecular flexibility index (Phi) is 12.5. The van der Waals surface area contributed by atoms with Crippen LogP contribution in [0.2, 0.25) is 0 Å². The lowest BCUT2D eigenvalue weighted by molar-refractivity contribution is -0.141. The molecule has 0 aliphatic carbocycles. The third-order valence-electron chi connectivity index (χ3n) is 7.28. The van der Waals surface area contributed by atoms with E-state index in [1.165, 1.54) is 0 Å². The molecule has 3 aromatic carbocycles. The molecule has 0 spiro atoms. The summed E-state index contributed by atoms with van der Waals surface area (Å²) in [5.41, 5.74) is 2.59. The highest BCUT2D eigenvalue weighted by Gasteiger charge is 2.37. The second-order valence-corrected chi connectivity index (χ2v) is 13.0. The maximum Gasteiger partial charge on any atom is 0.408 e. The Balaban J connectivity index is 2.07. The number of alkyl carbamates (subject to hydrolysis) is 1. The fourth-order valence-corrected chi connectivity index (χ4v) is 5.68. The Labute approximate surface area is 261 Å². The molecule has 0 aliphatic heterocycles. The molecule has 8 heteroatoms. The molecule has 0 bridgehead atoms. The Hall–Kier alpha value is -3.52. The number of amides is 3. The monoisotopic (exact) mass is 605 g/mol. The number of carbonyl (C=O) groups excluding carboxylic acids is 3. The van der Waals surface area contributed by atoms with Gasteiger partial charge in [0.15, 0.2) is 0 Å². The van der Waals surface area contributed by atoms with E-state index in [0.29, 0.717) is 24.4 Å². The molecule has 3 aromatic rings. The van der Waals surface area contributed by atoms with Gasteiger partial charge in [0, 0.05) is 12.2 Å². The van der Waals surface area contributed by atoms with Crippen LogP contribution in [0.25, 0.3) is 10.8 Å². The van der Waals surface area contributed by atoms with Gasteiger partial charge in [0.2, 0.25) is 5.91 Å². The summed E-state index contributed by atoms with van der Waals surface area (Å²) >= 11 is 1.60. The van der Waals surface area contributed by atoms with Gasteiger partial charge >= 0.3 is 6.09 Å². The van der Waals surface area contributed by atoms with Gasteiger partial charge in [0.1, 0.15) is 17.7 Å².